The first kappa shape index (κ1) is 16.1. The van der Waals surface area contributed by atoms with E-state index in [2.05, 4.69) is 25.1 Å². The van der Waals surface area contributed by atoms with Crippen LogP contribution >= 0.6 is 23.2 Å². The van der Waals surface area contributed by atoms with Gasteiger partial charge in [0.15, 0.2) is 0 Å². The van der Waals surface area contributed by atoms with Crippen LogP contribution in [0.5, 0.6) is 0 Å². The molecule has 0 N–H and O–H groups in total. The molecule has 1 saturated carbocycles. The smallest absolute Gasteiger partial charge is 0.0968 e. The Morgan fingerprint density at radius 2 is 2.00 bits per heavy atom. The maximum atomic E-state index is 6.21. The molecule has 0 spiro atoms. The third-order valence-electron chi connectivity index (χ3n) is 4.37. The van der Waals surface area contributed by atoms with Crippen LogP contribution in [0.4, 0.5) is 0 Å². The average Bonchev–Trinajstić information content (AvgIpc) is 2.42. The Labute approximate surface area is 132 Å². The fourth-order valence-corrected chi connectivity index (χ4v) is 3.72. The molecule has 1 aliphatic rings. The Balaban J connectivity index is 2.40. The lowest BCUT2D eigenvalue weighted by atomic mass is 9.71. The van der Waals surface area contributed by atoms with Crippen LogP contribution in [0.2, 0.25) is 10.0 Å². The minimum atomic E-state index is -0.239. The Kier molecular flexibility index (Phi) is 5.36. The van der Waals surface area contributed by atoms with Gasteiger partial charge in [-0.2, -0.15) is 0 Å². The SMILES string of the molecule is CO[C@@]1(c2ccc(Cl)c(Cl)c2)CCCC[C@H]1CN(C)C. The van der Waals surface area contributed by atoms with E-state index >= 15 is 0 Å². The van der Waals surface area contributed by atoms with E-state index in [-0.39, 0.29) is 5.60 Å². The first-order valence-corrected chi connectivity index (χ1v) is 7.90. The molecule has 0 heterocycles. The summed E-state index contributed by atoms with van der Waals surface area (Å²) in [7, 11) is 6.05. The van der Waals surface area contributed by atoms with Crippen molar-refractivity contribution in [1.82, 2.24) is 4.90 Å². The molecule has 1 aliphatic carbocycles. The van der Waals surface area contributed by atoms with E-state index in [0.717, 1.165) is 18.5 Å². The largest absolute Gasteiger partial charge is 0.373 e. The van der Waals surface area contributed by atoms with Gasteiger partial charge < -0.3 is 9.64 Å². The van der Waals surface area contributed by atoms with Gasteiger partial charge in [0.25, 0.3) is 0 Å². The van der Waals surface area contributed by atoms with Crippen LogP contribution < -0.4 is 0 Å². The van der Waals surface area contributed by atoms with Crippen LogP contribution in [0.15, 0.2) is 18.2 Å². The summed E-state index contributed by atoms with van der Waals surface area (Å²) in [6.07, 6.45) is 4.69. The van der Waals surface area contributed by atoms with Gasteiger partial charge in [-0.15, -0.1) is 0 Å². The van der Waals surface area contributed by atoms with Crippen molar-refractivity contribution in [1.29, 1.82) is 0 Å². The van der Waals surface area contributed by atoms with Crippen LogP contribution in [0, 0.1) is 5.92 Å². The molecule has 1 fully saturated rings. The zero-order chi connectivity index (χ0) is 14.8. The molecular weight excluding hydrogens is 293 g/mol. The standard InChI is InChI=1S/C16H23Cl2NO/c1-19(2)11-13-6-4-5-9-16(13,20-3)12-7-8-14(17)15(18)10-12/h7-8,10,13H,4-6,9,11H2,1-3H3/t13-,16+/m0/s1. The zero-order valence-corrected chi connectivity index (χ0v) is 14.0. The summed E-state index contributed by atoms with van der Waals surface area (Å²) >= 11 is 12.3. The Morgan fingerprint density at radius 3 is 2.60 bits per heavy atom. The van der Waals surface area contributed by atoms with Crippen LogP contribution in [-0.2, 0) is 10.3 Å². The van der Waals surface area contributed by atoms with E-state index in [1.807, 2.05) is 19.2 Å². The minimum absolute atomic E-state index is 0.239. The minimum Gasteiger partial charge on any atom is -0.373 e. The lowest BCUT2D eigenvalue weighted by Crippen LogP contribution is -2.44. The molecule has 2 nitrogen and oxygen atoms in total. The van der Waals surface area contributed by atoms with Crippen molar-refractivity contribution in [3.05, 3.63) is 33.8 Å². The molecule has 0 radical (unpaired) electrons. The van der Waals surface area contributed by atoms with Gasteiger partial charge in [-0.25, -0.2) is 0 Å². The molecule has 2 atom stereocenters. The van der Waals surface area contributed by atoms with Crippen molar-refractivity contribution >= 4 is 23.2 Å². The normalized spacial score (nSPS) is 27.0. The van der Waals surface area contributed by atoms with Crippen molar-refractivity contribution in [3.63, 3.8) is 0 Å². The van der Waals surface area contributed by atoms with Gasteiger partial charge in [0.1, 0.15) is 0 Å². The lowest BCUT2D eigenvalue weighted by Gasteiger charge is -2.44. The Bertz CT molecular complexity index is 464. The van der Waals surface area contributed by atoms with Gasteiger partial charge in [0.05, 0.1) is 15.6 Å². The van der Waals surface area contributed by atoms with E-state index in [4.69, 9.17) is 27.9 Å². The van der Waals surface area contributed by atoms with E-state index in [9.17, 15) is 0 Å². The monoisotopic (exact) mass is 315 g/mol. The predicted molar refractivity (Wildman–Crippen MR) is 85.7 cm³/mol. The molecule has 112 valence electrons. The molecule has 2 rings (SSSR count). The van der Waals surface area contributed by atoms with E-state index in [1.54, 1.807) is 0 Å². The van der Waals surface area contributed by atoms with Gasteiger partial charge in [-0.05, 0) is 44.6 Å². The fourth-order valence-electron chi connectivity index (χ4n) is 3.42. The first-order chi connectivity index (χ1) is 9.49. The molecule has 1 aromatic carbocycles. The van der Waals surface area contributed by atoms with Crippen molar-refractivity contribution in [2.45, 2.75) is 31.3 Å². The number of nitrogens with zero attached hydrogens (tertiary/aromatic N) is 1. The number of rotatable bonds is 4. The van der Waals surface area contributed by atoms with Crippen molar-refractivity contribution in [3.8, 4) is 0 Å². The highest BCUT2D eigenvalue weighted by atomic mass is 35.5. The Morgan fingerprint density at radius 1 is 1.25 bits per heavy atom. The number of hydrogen-bond acceptors (Lipinski definition) is 2. The van der Waals surface area contributed by atoms with Crippen molar-refractivity contribution in [2.75, 3.05) is 27.7 Å². The van der Waals surface area contributed by atoms with E-state index < -0.39 is 0 Å². The van der Waals surface area contributed by atoms with Gasteiger partial charge in [0.2, 0.25) is 0 Å². The predicted octanol–water partition coefficient (Wildman–Crippen LogP) is 4.59. The van der Waals surface area contributed by atoms with Crippen LogP contribution in [0.1, 0.15) is 31.2 Å². The van der Waals surface area contributed by atoms with Crippen molar-refractivity contribution < 1.29 is 4.74 Å². The maximum absolute atomic E-state index is 6.21. The number of ether oxygens (including phenoxy) is 1. The Hall–Kier alpha value is -0.280. The number of halogens is 2. The maximum Gasteiger partial charge on any atom is 0.0968 e. The summed E-state index contributed by atoms with van der Waals surface area (Å²) in [6, 6.07) is 5.91. The summed E-state index contributed by atoms with van der Waals surface area (Å²) in [5.41, 5.74) is 0.914. The highest BCUT2D eigenvalue weighted by Gasteiger charge is 2.42. The quantitative estimate of drug-likeness (QED) is 0.806. The molecule has 0 unspecified atom stereocenters. The summed E-state index contributed by atoms with van der Waals surface area (Å²) in [5, 5.41) is 1.21. The third-order valence-corrected chi connectivity index (χ3v) is 5.11. The second kappa shape index (κ2) is 6.65. The molecule has 1 aromatic rings. The summed E-state index contributed by atoms with van der Waals surface area (Å²) < 4.78 is 6.04. The second-order valence-corrected chi connectivity index (χ2v) is 6.74. The second-order valence-electron chi connectivity index (χ2n) is 5.93. The molecule has 0 bridgehead atoms. The van der Waals surface area contributed by atoms with Gasteiger partial charge in [-0.1, -0.05) is 42.1 Å². The number of methoxy groups -OCH3 is 1. The number of benzene rings is 1. The highest BCUT2D eigenvalue weighted by Crippen LogP contribution is 2.45. The van der Waals surface area contributed by atoms with Gasteiger partial charge >= 0.3 is 0 Å². The summed E-state index contributed by atoms with van der Waals surface area (Å²) in [6.45, 7) is 1.02. The highest BCUT2D eigenvalue weighted by molar-refractivity contribution is 6.42. The fraction of sp³-hybridized carbons (Fsp3) is 0.625. The van der Waals surface area contributed by atoms with Crippen molar-refractivity contribution in [2.24, 2.45) is 5.92 Å². The van der Waals surface area contributed by atoms with Gasteiger partial charge in [0, 0.05) is 19.6 Å². The third kappa shape index (κ3) is 3.14. The van der Waals surface area contributed by atoms with Crippen LogP contribution in [-0.4, -0.2) is 32.6 Å². The average molecular weight is 316 g/mol. The summed E-state index contributed by atoms with van der Waals surface area (Å²) in [4.78, 5) is 2.24. The lowest BCUT2D eigenvalue weighted by molar-refractivity contribution is -0.0951. The molecular formula is C16H23Cl2NO. The molecule has 20 heavy (non-hydrogen) atoms. The molecule has 0 aromatic heterocycles. The summed E-state index contributed by atoms with van der Waals surface area (Å²) in [5.74, 6) is 0.480. The topological polar surface area (TPSA) is 12.5 Å². The number of hydrogen-bond donors (Lipinski definition) is 0. The first-order valence-electron chi connectivity index (χ1n) is 7.15. The molecule has 0 amide bonds. The zero-order valence-electron chi connectivity index (χ0n) is 12.5. The van der Waals surface area contributed by atoms with E-state index in [0.29, 0.717) is 16.0 Å². The van der Waals surface area contributed by atoms with Gasteiger partial charge in [-0.3, -0.25) is 0 Å². The van der Waals surface area contributed by atoms with Crippen LogP contribution in [0.3, 0.4) is 0 Å². The van der Waals surface area contributed by atoms with E-state index in [1.165, 1.54) is 19.3 Å². The molecule has 4 heteroatoms. The molecule has 0 saturated heterocycles. The van der Waals surface area contributed by atoms with Crippen LogP contribution in [0.25, 0.3) is 0 Å². The molecule has 0 aliphatic heterocycles.